The number of aromatic nitrogens is 4. The predicted molar refractivity (Wildman–Crippen MR) is 211 cm³/mol. The van der Waals surface area contributed by atoms with E-state index in [1.165, 1.54) is 54.8 Å². The van der Waals surface area contributed by atoms with E-state index < -0.39 is 0 Å². The highest BCUT2D eigenvalue weighted by atomic mass is 16.5. The summed E-state index contributed by atoms with van der Waals surface area (Å²) in [6.07, 6.45) is 0. The van der Waals surface area contributed by atoms with Gasteiger partial charge in [0.15, 0.2) is 0 Å². The van der Waals surface area contributed by atoms with E-state index in [9.17, 15) is 0 Å². The lowest BCUT2D eigenvalue weighted by molar-refractivity contribution is 0.486. The fourth-order valence-corrected chi connectivity index (χ4v) is 9.40. The summed E-state index contributed by atoms with van der Waals surface area (Å²) in [4.78, 5) is 10.8. The summed E-state index contributed by atoms with van der Waals surface area (Å²) in [6, 6.07) is 51.9. The second-order valence-corrected chi connectivity index (χ2v) is 14.6. The van der Waals surface area contributed by atoms with Crippen molar-refractivity contribution in [2.24, 2.45) is 0 Å². The third-order valence-corrected chi connectivity index (χ3v) is 11.5. The molecule has 0 radical (unpaired) electrons. The molecule has 0 bridgehead atoms. The third-order valence-electron chi connectivity index (χ3n) is 11.5. The normalized spacial score (nSPS) is 13.9. The van der Waals surface area contributed by atoms with Gasteiger partial charge in [-0.1, -0.05) is 111 Å². The largest absolute Gasteiger partial charge is 0.456 e. The standard InChI is InChI=1S/C47H30N4O/c1-47(2)41-30(23-25-32-28-15-6-9-19-36(28)50(44(32)41)27-13-4-3-5-14-27)31-24-26-33-29-16-7-10-20-37(29)51(45(33)42(31)47)46-48-35-18-12-22-39-40(35)43(49-46)34-17-8-11-21-38(34)52-39/h3-26H,1-2H3. The van der Waals surface area contributed by atoms with Gasteiger partial charge in [-0.3, -0.25) is 4.57 Å². The number of nitrogens with zero attached hydrogens (tertiary/aromatic N) is 4. The minimum Gasteiger partial charge on any atom is -0.456 e. The average Bonchev–Trinajstić information content (AvgIpc) is 3.78. The van der Waals surface area contributed by atoms with Crippen LogP contribution in [0.3, 0.4) is 0 Å². The Morgan fingerprint density at radius 2 is 1.08 bits per heavy atom. The van der Waals surface area contributed by atoms with E-state index in [0.29, 0.717) is 5.95 Å². The molecule has 10 aromatic rings. The fraction of sp³-hybridized carbons (Fsp3) is 0.0638. The van der Waals surface area contributed by atoms with Gasteiger partial charge in [-0.15, -0.1) is 0 Å². The zero-order valence-electron chi connectivity index (χ0n) is 28.6. The number of para-hydroxylation sites is 4. The molecule has 52 heavy (non-hydrogen) atoms. The predicted octanol–water partition coefficient (Wildman–Crippen LogP) is 11.9. The zero-order chi connectivity index (χ0) is 34.3. The van der Waals surface area contributed by atoms with Gasteiger partial charge in [-0.2, -0.15) is 0 Å². The smallest absolute Gasteiger partial charge is 0.235 e. The van der Waals surface area contributed by atoms with Gasteiger partial charge in [0, 0.05) is 38.2 Å². The molecule has 4 heterocycles. The van der Waals surface area contributed by atoms with E-state index in [-0.39, 0.29) is 5.41 Å². The molecule has 5 heteroatoms. The van der Waals surface area contributed by atoms with Crippen LogP contribution in [0.25, 0.3) is 88.5 Å². The number of rotatable bonds is 2. The van der Waals surface area contributed by atoms with Crippen molar-refractivity contribution >= 4 is 54.5 Å². The van der Waals surface area contributed by atoms with E-state index >= 15 is 0 Å². The Balaban J connectivity index is 1.21. The molecule has 0 saturated heterocycles. The minimum atomic E-state index is -0.366. The quantitative estimate of drug-likeness (QED) is 0.184. The summed E-state index contributed by atoms with van der Waals surface area (Å²) in [5.41, 5.74) is 13.4. The lowest BCUT2D eigenvalue weighted by atomic mass is 9.80. The molecule has 2 aliphatic rings. The molecular formula is C47H30N4O. The Hall–Kier alpha value is -6.72. The molecule has 0 saturated carbocycles. The van der Waals surface area contributed by atoms with Crippen LogP contribution in [0.15, 0.2) is 146 Å². The second-order valence-electron chi connectivity index (χ2n) is 14.6. The van der Waals surface area contributed by atoms with Crippen LogP contribution in [0.1, 0.15) is 25.0 Å². The van der Waals surface area contributed by atoms with E-state index in [1.807, 2.05) is 30.3 Å². The Morgan fingerprint density at radius 3 is 1.81 bits per heavy atom. The van der Waals surface area contributed by atoms with E-state index in [0.717, 1.165) is 50.4 Å². The highest BCUT2D eigenvalue weighted by molar-refractivity contribution is 6.17. The zero-order valence-corrected chi connectivity index (χ0v) is 28.6. The van der Waals surface area contributed by atoms with Crippen LogP contribution in [0, 0.1) is 0 Å². The first kappa shape index (κ1) is 28.0. The molecule has 0 atom stereocenters. The molecule has 12 rings (SSSR count). The Bertz CT molecular complexity index is 3180. The average molecular weight is 667 g/mol. The monoisotopic (exact) mass is 666 g/mol. The summed E-state index contributed by atoms with van der Waals surface area (Å²) < 4.78 is 11.1. The highest BCUT2D eigenvalue weighted by Crippen LogP contribution is 2.56. The molecule has 0 N–H and O–H groups in total. The molecule has 244 valence electrons. The molecule has 7 aromatic carbocycles. The summed E-state index contributed by atoms with van der Waals surface area (Å²) in [5.74, 6) is 2.26. The molecule has 1 aliphatic carbocycles. The van der Waals surface area contributed by atoms with Gasteiger partial charge in [0.05, 0.1) is 38.7 Å². The van der Waals surface area contributed by atoms with Gasteiger partial charge in [0.2, 0.25) is 5.95 Å². The van der Waals surface area contributed by atoms with Crippen LogP contribution in [-0.4, -0.2) is 19.1 Å². The van der Waals surface area contributed by atoms with Crippen LogP contribution in [-0.2, 0) is 5.41 Å². The van der Waals surface area contributed by atoms with Crippen molar-refractivity contribution in [1.29, 1.82) is 0 Å². The Morgan fingerprint density at radius 1 is 0.481 bits per heavy atom. The Kier molecular flexibility index (Phi) is 5.25. The van der Waals surface area contributed by atoms with Crippen molar-refractivity contribution in [3.8, 4) is 45.5 Å². The number of fused-ring (bicyclic) bond motifs is 13. The highest BCUT2D eigenvalue weighted by Gasteiger charge is 2.41. The van der Waals surface area contributed by atoms with Gasteiger partial charge in [0.25, 0.3) is 0 Å². The first-order valence-corrected chi connectivity index (χ1v) is 17.9. The van der Waals surface area contributed by atoms with Crippen LogP contribution < -0.4 is 4.74 Å². The van der Waals surface area contributed by atoms with E-state index in [2.05, 4.69) is 138 Å². The summed E-state index contributed by atoms with van der Waals surface area (Å²) in [5, 5.41) is 5.86. The SMILES string of the molecule is CC1(C)c2c(ccc3c4ccccc4n(-c4ccccc4)c23)-c2ccc3c4ccccc4n(-c4nc5c6c(cccc6n4)Oc4ccccc4-5)c3c21. The van der Waals surface area contributed by atoms with E-state index in [4.69, 9.17) is 14.7 Å². The Labute approximate surface area is 299 Å². The van der Waals surface area contributed by atoms with Crippen molar-refractivity contribution in [3.05, 3.63) is 157 Å². The van der Waals surface area contributed by atoms with Crippen molar-refractivity contribution in [2.45, 2.75) is 19.3 Å². The van der Waals surface area contributed by atoms with Crippen molar-refractivity contribution in [3.63, 3.8) is 0 Å². The fourth-order valence-electron chi connectivity index (χ4n) is 9.40. The molecule has 5 nitrogen and oxygen atoms in total. The first-order valence-electron chi connectivity index (χ1n) is 17.9. The van der Waals surface area contributed by atoms with Gasteiger partial charge in [-0.05, 0) is 70.8 Å². The van der Waals surface area contributed by atoms with Gasteiger partial charge < -0.3 is 9.30 Å². The maximum Gasteiger partial charge on any atom is 0.235 e. The molecule has 0 spiro atoms. The number of hydrogen-bond acceptors (Lipinski definition) is 3. The number of hydrogen-bond donors (Lipinski definition) is 0. The molecule has 0 fully saturated rings. The maximum atomic E-state index is 6.35. The van der Waals surface area contributed by atoms with E-state index in [1.54, 1.807) is 0 Å². The number of ether oxygens (including phenoxy) is 1. The summed E-state index contributed by atoms with van der Waals surface area (Å²) in [7, 11) is 0. The van der Waals surface area contributed by atoms with Gasteiger partial charge >= 0.3 is 0 Å². The molecular weight excluding hydrogens is 637 g/mol. The van der Waals surface area contributed by atoms with Crippen molar-refractivity contribution < 1.29 is 4.74 Å². The molecule has 0 amide bonds. The third kappa shape index (κ3) is 3.43. The lowest BCUT2D eigenvalue weighted by Crippen LogP contribution is -2.18. The topological polar surface area (TPSA) is 44.9 Å². The summed E-state index contributed by atoms with van der Waals surface area (Å²) >= 11 is 0. The van der Waals surface area contributed by atoms with Crippen molar-refractivity contribution in [1.82, 2.24) is 19.1 Å². The molecule has 3 aromatic heterocycles. The van der Waals surface area contributed by atoms with Crippen LogP contribution >= 0.6 is 0 Å². The van der Waals surface area contributed by atoms with Crippen LogP contribution in [0.5, 0.6) is 11.5 Å². The minimum absolute atomic E-state index is 0.366. The number of benzene rings is 7. The maximum absolute atomic E-state index is 6.35. The van der Waals surface area contributed by atoms with Crippen LogP contribution in [0.4, 0.5) is 0 Å². The van der Waals surface area contributed by atoms with Crippen LogP contribution in [0.2, 0.25) is 0 Å². The van der Waals surface area contributed by atoms with Gasteiger partial charge in [-0.25, -0.2) is 9.97 Å². The second kappa shape index (κ2) is 9.74. The van der Waals surface area contributed by atoms with Crippen molar-refractivity contribution in [2.75, 3.05) is 0 Å². The lowest BCUT2D eigenvalue weighted by Gasteiger charge is -2.25. The molecule has 1 aliphatic heterocycles. The van der Waals surface area contributed by atoms with Gasteiger partial charge in [0.1, 0.15) is 11.5 Å². The molecule has 0 unspecified atom stereocenters. The first-order chi connectivity index (χ1) is 25.6. The summed E-state index contributed by atoms with van der Waals surface area (Å²) in [6.45, 7) is 4.80.